The number of fused-ring (bicyclic) bond motifs is 5. The Morgan fingerprint density at radius 2 is 1.60 bits per heavy atom. The van der Waals surface area contributed by atoms with Crippen molar-refractivity contribution in [2.24, 2.45) is 34.5 Å². The topological polar surface area (TPSA) is 124 Å². The second kappa shape index (κ2) is 17.5. The predicted octanol–water partition coefficient (Wildman–Crippen LogP) is 8.55. The van der Waals surface area contributed by atoms with Crippen molar-refractivity contribution in [3.63, 3.8) is 0 Å². The van der Waals surface area contributed by atoms with Gasteiger partial charge in [0, 0.05) is 17.8 Å². The Morgan fingerprint density at radius 1 is 0.960 bits per heavy atom. The van der Waals surface area contributed by atoms with Crippen LogP contribution in [0.2, 0.25) is 0 Å². The van der Waals surface area contributed by atoms with E-state index in [1.807, 2.05) is 0 Å². The largest absolute Gasteiger partial charge is 0.462 e. The van der Waals surface area contributed by atoms with E-state index in [1.54, 1.807) is 19.9 Å². The van der Waals surface area contributed by atoms with E-state index in [0.29, 0.717) is 32.1 Å². The highest BCUT2D eigenvalue weighted by Crippen LogP contribution is 2.68. The van der Waals surface area contributed by atoms with Gasteiger partial charge >= 0.3 is 5.97 Å². The molecule has 0 bridgehead atoms. The third-order valence-corrected chi connectivity index (χ3v) is 13.9. The minimum absolute atomic E-state index is 0.0277. The molecule has 286 valence electrons. The minimum atomic E-state index is -1.16. The van der Waals surface area contributed by atoms with Crippen LogP contribution in [0.4, 0.5) is 0 Å². The maximum Gasteiger partial charge on any atom is 0.306 e. The quantitative estimate of drug-likeness (QED) is 0.0605. The average Bonchev–Trinajstić information content (AvgIpc) is 3.33. The fourth-order valence-corrected chi connectivity index (χ4v) is 10.7. The Balaban J connectivity index is 1.35. The van der Waals surface area contributed by atoms with Gasteiger partial charge < -0.3 is 25.2 Å². The van der Waals surface area contributed by atoms with Gasteiger partial charge in [-0.2, -0.15) is 0 Å². The first-order chi connectivity index (χ1) is 23.6. The molecule has 0 unspecified atom stereocenters. The number of carbonyl (C=O) groups is 2. The third kappa shape index (κ3) is 9.33. The predicted molar refractivity (Wildman–Crippen MR) is 199 cm³/mol. The van der Waals surface area contributed by atoms with Gasteiger partial charge in [-0.3, -0.25) is 9.59 Å². The van der Waals surface area contributed by atoms with Crippen molar-refractivity contribution >= 4 is 11.8 Å². The van der Waals surface area contributed by atoms with Crippen molar-refractivity contribution in [2.75, 3.05) is 0 Å². The van der Waals surface area contributed by atoms with Gasteiger partial charge in [0.2, 0.25) is 0 Å². The van der Waals surface area contributed by atoms with Gasteiger partial charge in [0.1, 0.15) is 6.10 Å². The molecule has 0 saturated heterocycles. The number of ether oxygens (including phenoxy) is 1. The summed E-state index contributed by atoms with van der Waals surface area (Å²) in [4.78, 5) is 26.8. The molecule has 0 aliphatic heterocycles. The molecule has 7 heteroatoms. The van der Waals surface area contributed by atoms with Crippen LogP contribution >= 0.6 is 0 Å². The lowest BCUT2D eigenvalue weighted by Crippen LogP contribution is -2.61. The highest BCUT2D eigenvalue weighted by molar-refractivity contribution is 5.95. The van der Waals surface area contributed by atoms with Gasteiger partial charge in [0.15, 0.2) is 5.78 Å². The molecule has 4 rings (SSSR count). The normalized spacial score (nSPS) is 35.3. The first-order valence-electron chi connectivity index (χ1n) is 20.5. The standard InChI is InChI=1S/C43H72O7/c1-7-8-9-10-11-12-13-14-15-16-17-18-19-20-39(47)50-38(23-24-40(3,4)48)30(2)31-22-26-43(49)33-27-35(44)34-28-36(45)37(46)29-41(34,5)32(33)21-25-42(31,43)6/h12-13,27,30-32,34,36-38,45-46,48-49H,7-11,14-26,28-29H2,1-6H3/b13-12-/t30-,31+,32-,34-,36+,37-,38+,41+,42+,43+/m0/s1. The van der Waals surface area contributed by atoms with Gasteiger partial charge in [-0.1, -0.05) is 78.4 Å². The number of allylic oxidation sites excluding steroid dienone is 3. The van der Waals surface area contributed by atoms with Crippen LogP contribution in [-0.2, 0) is 14.3 Å². The summed E-state index contributed by atoms with van der Waals surface area (Å²) in [7, 11) is 0. The lowest BCUT2D eigenvalue weighted by Gasteiger charge is -2.60. The maximum absolute atomic E-state index is 13.6. The van der Waals surface area contributed by atoms with Crippen LogP contribution in [0, 0.1) is 34.5 Å². The Bertz CT molecular complexity index is 1190. The van der Waals surface area contributed by atoms with E-state index in [1.165, 1.54) is 44.9 Å². The minimum Gasteiger partial charge on any atom is -0.462 e. The number of rotatable bonds is 19. The Hall–Kier alpha value is -1.54. The van der Waals surface area contributed by atoms with Crippen molar-refractivity contribution in [1.82, 2.24) is 0 Å². The van der Waals surface area contributed by atoms with E-state index in [9.17, 15) is 30.0 Å². The molecule has 0 amide bonds. The summed E-state index contributed by atoms with van der Waals surface area (Å²) in [6, 6.07) is 0. The number of hydrogen-bond acceptors (Lipinski definition) is 7. The average molecular weight is 701 g/mol. The molecule has 0 aromatic rings. The van der Waals surface area contributed by atoms with Crippen LogP contribution in [0.25, 0.3) is 0 Å². The summed E-state index contributed by atoms with van der Waals surface area (Å²) in [5.41, 5.74) is -2.24. The molecule has 0 radical (unpaired) electrons. The molecule has 4 aliphatic carbocycles. The number of ketones is 1. The Kier molecular flexibility index (Phi) is 14.4. The summed E-state index contributed by atoms with van der Waals surface area (Å²) >= 11 is 0. The van der Waals surface area contributed by atoms with E-state index in [4.69, 9.17) is 4.74 Å². The highest BCUT2D eigenvalue weighted by Gasteiger charge is 2.67. The number of aliphatic hydroxyl groups is 4. The van der Waals surface area contributed by atoms with Crippen LogP contribution in [-0.4, -0.2) is 61.7 Å². The molecule has 0 spiro atoms. The first-order valence-corrected chi connectivity index (χ1v) is 20.5. The van der Waals surface area contributed by atoms with Crippen LogP contribution in [0.3, 0.4) is 0 Å². The fourth-order valence-electron chi connectivity index (χ4n) is 10.7. The molecular weight excluding hydrogens is 628 g/mol. The molecular formula is C43H72O7. The van der Waals surface area contributed by atoms with Crippen LogP contribution < -0.4 is 0 Å². The molecule has 4 N–H and O–H groups in total. The zero-order valence-corrected chi connectivity index (χ0v) is 32.4. The van der Waals surface area contributed by atoms with Gasteiger partial charge in [-0.25, -0.2) is 0 Å². The van der Waals surface area contributed by atoms with E-state index >= 15 is 0 Å². The van der Waals surface area contributed by atoms with E-state index in [-0.39, 0.29) is 47.9 Å². The monoisotopic (exact) mass is 701 g/mol. The maximum atomic E-state index is 13.6. The SMILES string of the molecule is CCCCCC/C=C\CCCCCCCC(=O)O[C@H](CCC(C)(C)O)[C@@H](C)[C@H]1CC[C@@]2(O)C3=CC(=O)[C@@H]4C[C@@H](O)[C@@H](O)C[C@]4(C)[C@H]3CC[C@]12C. The van der Waals surface area contributed by atoms with Crippen LogP contribution in [0.5, 0.6) is 0 Å². The number of aliphatic hydroxyl groups excluding tert-OH is 2. The highest BCUT2D eigenvalue weighted by atomic mass is 16.5. The second-order valence-corrected chi connectivity index (χ2v) is 18.0. The van der Waals surface area contributed by atoms with Gasteiger partial charge in [-0.15, -0.1) is 0 Å². The van der Waals surface area contributed by atoms with Gasteiger partial charge in [0.25, 0.3) is 0 Å². The third-order valence-electron chi connectivity index (χ3n) is 13.9. The fraction of sp³-hybridized carbons (Fsp3) is 0.860. The molecule has 0 heterocycles. The summed E-state index contributed by atoms with van der Waals surface area (Å²) in [6.07, 6.45) is 22.0. The van der Waals surface area contributed by atoms with Crippen LogP contribution in [0.15, 0.2) is 23.8 Å². The molecule has 4 aliphatic rings. The number of esters is 1. The Labute approximate surface area is 303 Å². The lowest BCUT2D eigenvalue weighted by molar-refractivity contribution is -0.162. The first kappa shape index (κ1) is 41.2. The second-order valence-electron chi connectivity index (χ2n) is 18.0. The van der Waals surface area contributed by atoms with Gasteiger partial charge in [-0.05, 0) is 132 Å². The lowest BCUT2D eigenvalue weighted by atomic mass is 9.46. The zero-order chi connectivity index (χ0) is 36.7. The summed E-state index contributed by atoms with van der Waals surface area (Å²) in [6.45, 7) is 12.2. The summed E-state index contributed by atoms with van der Waals surface area (Å²) in [5, 5.41) is 44.3. The molecule has 3 saturated carbocycles. The van der Waals surface area contributed by atoms with Crippen molar-refractivity contribution in [1.29, 1.82) is 0 Å². The molecule has 7 nitrogen and oxygen atoms in total. The smallest absolute Gasteiger partial charge is 0.306 e. The van der Waals surface area contributed by atoms with Gasteiger partial charge in [0.05, 0.1) is 23.4 Å². The summed E-state index contributed by atoms with van der Waals surface area (Å²) < 4.78 is 6.26. The Morgan fingerprint density at radius 3 is 2.26 bits per heavy atom. The van der Waals surface area contributed by atoms with Crippen molar-refractivity contribution in [3.8, 4) is 0 Å². The van der Waals surface area contributed by atoms with E-state index in [2.05, 4.69) is 39.8 Å². The number of carbonyl (C=O) groups excluding carboxylic acids is 2. The number of hydrogen-bond donors (Lipinski definition) is 4. The zero-order valence-electron chi connectivity index (χ0n) is 32.4. The van der Waals surface area contributed by atoms with Crippen molar-refractivity contribution < 1.29 is 34.8 Å². The van der Waals surface area contributed by atoms with Crippen molar-refractivity contribution in [3.05, 3.63) is 23.8 Å². The summed E-state index contributed by atoms with van der Waals surface area (Å²) in [5.74, 6) is -0.564. The number of unbranched alkanes of at least 4 members (excludes halogenated alkanes) is 9. The molecule has 0 aromatic heterocycles. The van der Waals surface area contributed by atoms with Crippen molar-refractivity contribution in [2.45, 2.75) is 199 Å². The molecule has 10 atom stereocenters. The molecule has 50 heavy (non-hydrogen) atoms. The van der Waals surface area contributed by atoms with Crippen LogP contribution in [0.1, 0.15) is 170 Å². The molecule has 3 fully saturated rings. The molecule has 0 aromatic carbocycles. The van der Waals surface area contributed by atoms with E-state index in [0.717, 1.165) is 50.5 Å². The van der Waals surface area contributed by atoms with E-state index < -0.39 is 34.2 Å².